The molecule has 110 valence electrons. The first-order valence-corrected chi connectivity index (χ1v) is 6.19. The van der Waals surface area contributed by atoms with Crippen molar-refractivity contribution in [2.24, 2.45) is 0 Å². The molecular formula is C15H14O6. The Morgan fingerprint density at radius 3 is 2.38 bits per heavy atom. The number of ether oxygens (including phenoxy) is 2. The second kappa shape index (κ2) is 6.13. The monoisotopic (exact) mass is 290 g/mol. The molecular weight excluding hydrogens is 276 g/mol. The molecule has 0 radical (unpaired) electrons. The molecule has 1 N–H and O–H groups in total. The van der Waals surface area contributed by atoms with Crippen molar-refractivity contribution in [2.75, 3.05) is 7.11 Å². The number of hydrogen-bond acceptors (Lipinski definition) is 6. The average molecular weight is 290 g/mol. The number of methoxy groups -OCH3 is 1. The van der Waals surface area contributed by atoms with Gasteiger partial charge in [-0.05, 0) is 43.3 Å². The first-order valence-electron chi connectivity index (χ1n) is 6.19. The van der Waals surface area contributed by atoms with Gasteiger partial charge in [0.05, 0.1) is 12.7 Å². The van der Waals surface area contributed by atoms with Gasteiger partial charge in [-0.25, -0.2) is 9.59 Å². The quantitative estimate of drug-likeness (QED) is 0.871. The number of phenols is 1. The molecule has 0 aliphatic heterocycles. The predicted octanol–water partition coefficient (Wildman–Crippen LogP) is 2.69. The molecule has 21 heavy (non-hydrogen) atoms. The van der Waals surface area contributed by atoms with Gasteiger partial charge in [0, 0.05) is 0 Å². The fourth-order valence-electron chi connectivity index (χ4n) is 1.67. The van der Waals surface area contributed by atoms with Crippen molar-refractivity contribution < 1.29 is 28.6 Å². The Bertz CT molecular complexity index is 640. The molecule has 0 saturated heterocycles. The number of furan rings is 1. The van der Waals surface area contributed by atoms with Crippen molar-refractivity contribution in [1.82, 2.24) is 0 Å². The zero-order chi connectivity index (χ0) is 15.4. The van der Waals surface area contributed by atoms with Crippen LogP contribution in [0.25, 0.3) is 0 Å². The minimum absolute atomic E-state index is 0.0417. The first-order chi connectivity index (χ1) is 10.0. The maximum atomic E-state index is 11.9. The van der Waals surface area contributed by atoms with Crippen LogP contribution in [0, 0.1) is 0 Å². The topological polar surface area (TPSA) is 86.0 Å². The lowest BCUT2D eigenvalue weighted by molar-refractivity contribution is 0.0285. The summed E-state index contributed by atoms with van der Waals surface area (Å²) < 4.78 is 15.0. The Labute approximate surface area is 120 Å². The second-order valence-electron chi connectivity index (χ2n) is 4.29. The fourth-order valence-corrected chi connectivity index (χ4v) is 1.67. The standard InChI is InChI=1S/C15H14O6/c1-9(12-7-8-13(21-12)15(18)19-2)20-14(17)10-3-5-11(16)6-4-10/h3-9,16H,1-2H3. The first kappa shape index (κ1) is 14.6. The van der Waals surface area contributed by atoms with Crippen molar-refractivity contribution in [3.8, 4) is 5.75 Å². The van der Waals surface area contributed by atoms with Crippen LogP contribution in [0.4, 0.5) is 0 Å². The summed E-state index contributed by atoms with van der Waals surface area (Å²) in [6.07, 6.45) is -0.662. The number of carbonyl (C=O) groups is 2. The minimum atomic E-state index is -0.662. The highest BCUT2D eigenvalue weighted by molar-refractivity contribution is 5.89. The van der Waals surface area contributed by atoms with E-state index in [0.717, 1.165) is 0 Å². The summed E-state index contributed by atoms with van der Waals surface area (Å²) in [4.78, 5) is 23.2. The largest absolute Gasteiger partial charge is 0.508 e. The number of carbonyl (C=O) groups excluding carboxylic acids is 2. The summed E-state index contributed by atoms with van der Waals surface area (Å²) in [6.45, 7) is 1.62. The van der Waals surface area contributed by atoms with Crippen molar-refractivity contribution in [1.29, 1.82) is 0 Å². The molecule has 6 heteroatoms. The highest BCUT2D eigenvalue weighted by Gasteiger charge is 2.19. The van der Waals surface area contributed by atoms with Crippen LogP contribution < -0.4 is 0 Å². The van der Waals surface area contributed by atoms with Crippen molar-refractivity contribution in [3.63, 3.8) is 0 Å². The van der Waals surface area contributed by atoms with E-state index >= 15 is 0 Å². The fraction of sp³-hybridized carbons (Fsp3) is 0.200. The summed E-state index contributed by atoms with van der Waals surface area (Å²) in [7, 11) is 1.25. The van der Waals surface area contributed by atoms with Gasteiger partial charge < -0.3 is 19.0 Å². The van der Waals surface area contributed by atoms with Gasteiger partial charge in [0.15, 0.2) is 6.10 Å². The zero-order valence-corrected chi connectivity index (χ0v) is 11.5. The molecule has 0 aliphatic rings. The van der Waals surface area contributed by atoms with E-state index < -0.39 is 18.0 Å². The molecule has 2 aromatic rings. The van der Waals surface area contributed by atoms with Crippen LogP contribution in [0.1, 0.15) is 39.7 Å². The zero-order valence-electron chi connectivity index (χ0n) is 11.5. The van der Waals surface area contributed by atoms with Crippen molar-refractivity contribution in [3.05, 3.63) is 53.5 Å². The third-order valence-corrected chi connectivity index (χ3v) is 2.80. The Morgan fingerprint density at radius 2 is 1.76 bits per heavy atom. The van der Waals surface area contributed by atoms with Gasteiger partial charge in [0.2, 0.25) is 5.76 Å². The molecule has 1 unspecified atom stereocenters. The number of rotatable bonds is 4. The molecule has 2 rings (SSSR count). The second-order valence-corrected chi connectivity index (χ2v) is 4.29. The normalized spacial score (nSPS) is 11.7. The number of phenolic OH excluding ortho intramolecular Hbond substituents is 1. The molecule has 1 aromatic carbocycles. The highest BCUT2D eigenvalue weighted by Crippen LogP contribution is 2.22. The van der Waals surface area contributed by atoms with Crippen molar-refractivity contribution >= 4 is 11.9 Å². The van der Waals surface area contributed by atoms with Crippen LogP contribution >= 0.6 is 0 Å². The summed E-state index contributed by atoms with van der Waals surface area (Å²) in [6, 6.07) is 8.68. The van der Waals surface area contributed by atoms with E-state index in [-0.39, 0.29) is 11.5 Å². The van der Waals surface area contributed by atoms with Gasteiger partial charge >= 0.3 is 11.9 Å². The summed E-state index contributed by atoms with van der Waals surface area (Å²) in [5.41, 5.74) is 0.305. The van der Waals surface area contributed by atoms with E-state index in [0.29, 0.717) is 11.3 Å². The molecule has 1 heterocycles. The van der Waals surface area contributed by atoms with Crippen LogP contribution in [0.5, 0.6) is 5.75 Å². The maximum absolute atomic E-state index is 11.9. The number of benzene rings is 1. The highest BCUT2D eigenvalue weighted by atomic mass is 16.6. The third kappa shape index (κ3) is 3.42. The minimum Gasteiger partial charge on any atom is -0.508 e. The van der Waals surface area contributed by atoms with E-state index in [9.17, 15) is 9.59 Å². The number of hydrogen-bond donors (Lipinski definition) is 1. The van der Waals surface area contributed by atoms with Crippen molar-refractivity contribution in [2.45, 2.75) is 13.0 Å². The predicted molar refractivity (Wildman–Crippen MR) is 72.0 cm³/mol. The smallest absolute Gasteiger partial charge is 0.373 e. The molecule has 0 spiro atoms. The van der Waals surface area contributed by atoms with E-state index in [1.807, 2.05) is 0 Å². The van der Waals surface area contributed by atoms with Crippen LogP contribution in [0.2, 0.25) is 0 Å². The van der Waals surface area contributed by atoms with Gasteiger partial charge in [-0.3, -0.25) is 0 Å². The Hall–Kier alpha value is -2.76. The number of esters is 2. The SMILES string of the molecule is COC(=O)c1ccc(C(C)OC(=O)c2ccc(O)cc2)o1. The van der Waals surface area contributed by atoms with Crippen LogP contribution in [0.15, 0.2) is 40.8 Å². The summed E-state index contributed by atoms with van der Waals surface area (Å²) >= 11 is 0. The van der Waals surface area contributed by atoms with Gasteiger partial charge in [-0.2, -0.15) is 0 Å². The van der Waals surface area contributed by atoms with Gasteiger partial charge in [-0.15, -0.1) is 0 Å². The molecule has 0 aliphatic carbocycles. The molecule has 1 aromatic heterocycles. The molecule has 0 saturated carbocycles. The number of aromatic hydroxyl groups is 1. The Kier molecular flexibility index (Phi) is 4.27. The lowest BCUT2D eigenvalue weighted by Gasteiger charge is -2.10. The van der Waals surface area contributed by atoms with Gasteiger partial charge in [0.1, 0.15) is 11.5 Å². The Morgan fingerprint density at radius 1 is 1.10 bits per heavy atom. The molecule has 1 atom stereocenters. The van der Waals surface area contributed by atoms with Gasteiger partial charge in [-0.1, -0.05) is 0 Å². The van der Waals surface area contributed by atoms with E-state index in [1.54, 1.807) is 13.0 Å². The van der Waals surface area contributed by atoms with E-state index in [4.69, 9.17) is 14.3 Å². The van der Waals surface area contributed by atoms with Crippen LogP contribution in [0.3, 0.4) is 0 Å². The average Bonchev–Trinajstić information content (AvgIpc) is 2.97. The van der Waals surface area contributed by atoms with Crippen LogP contribution in [-0.2, 0) is 9.47 Å². The Balaban J connectivity index is 2.05. The third-order valence-electron chi connectivity index (χ3n) is 2.80. The molecule has 0 bridgehead atoms. The van der Waals surface area contributed by atoms with E-state index in [2.05, 4.69) is 4.74 Å². The lowest BCUT2D eigenvalue weighted by atomic mass is 10.2. The molecule has 0 amide bonds. The lowest BCUT2D eigenvalue weighted by Crippen LogP contribution is -2.08. The molecule has 6 nitrogen and oxygen atoms in total. The maximum Gasteiger partial charge on any atom is 0.373 e. The van der Waals surface area contributed by atoms with E-state index in [1.165, 1.54) is 37.4 Å². The summed E-state index contributed by atoms with van der Waals surface area (Å²) in [5, 5.41) is 9.17. The molecule has 0 fully saturated rings. The van der Waals surface area contributed by atoms with Gasteiger partial charge in [0.25, 0.3) is 0 Å². The van der Waals surface area contributed by atoms with Crippen LogP contribution in [-0.4, -0.2) is 24.2 Å². The summed E-state index contributed by atoms with van der Waals surface area (Å²) in [5.74, 6) is -0.715.